The number of nitrogens with one attached hydrogen (secondary N) is 2. The number of hydrogen-bond acceptors (Lipinski definition) is 12. The molecule has 12 nitrogen and oxygen atoms in total. The van der Waals surface area contributed by atoms with Gasteiger partial charge in [-0.15, -0.1) is 0 Å². The number of aromatic nitrogens is 6. The fourth-order valence-corrected chi connectivity index (χ4v) is 6.51. The monoisotopic (exact) mass is 597 g/mol. The second kappa shape index (κ2) is 11.9. The van der Waals surface area contributed by atoms with Crippen molar-refractivity contribution >= 4 is 52.3 Å². The van der Waals surface area contributed by atoms with Gasteiger partial charge in [0.15, 0.2) is 5.75 Å². The Morgan fingerprint density at radius 2 is 1.70 bits per heavy atom. The summed E-state index contributed by atoms with van der Waals surface area (Å²) in [6.45, 7) is 8.09. The molecule has 13 heteroatoms. The fourth-order valence-electron chi connectivity index (χ4n) is 5.12. The fraction of sp³-hybridized carbons (Fsp3) is 0.267. The maximum absolute atomic E-state index is 13.4. The zero-order valence-corrected chi connectivity index (χ0v) is 25.3. The van der Waals surface area contributed by atoms with Crippen molar-refractivity contribution < 1.29 is 14.0 Å². The molecule has 5 aromatic rings. The molecule has 0 atom stereocenters. The summed E-state index contributed by atoms with van der Waals surface area (Å²) in [6.07, 6.45) is 10.0. The van der Waals surface area contributed by atoms with Crippen LogP contribution in [-0.4, -0.2) is 76.6 Å². The highest BCUT2D eigenvalue weighted by Gasteiger charge is 2.23. The second-order valence-corrected chi connectivity index (χ2v) is 13.7. The molecule has 3 aromatic heterocycles. The van der Waals surface area contributed by atoms with Crippen molar-refractivity contribution in [3.63, 3.8) is 0 Å². The number of ether oxygens (including phenoxy) is 2. The summed E-state index contributed by atoms with van der Waals surface area (Å²) in [7, 11) is -1.10. The number of benzene rings is 2. The van der Waals surface area contributed by atoms with E-state index < -0.39 is 7.14 Å². The Balaban J connectivity index is 1.40. The summed E-state index contributed by atoms with van der Waals surface area (Å²) in [6, 6.07) is 7.78. The first-order valence-corrected chi connectivity index (χ1v) is 16.4. The van der Waals surface area contributed by atoms with Crippen LogP contribution in [0.5, 0.6) is 5.75 Å². The van der Waals surface area contributed by atoms with Gasteiger partial charge < -0.3 is 29.6 Å². The van der Waals surface area contributed by atoms with Gasteiger partial charge in [-0.1, -0.05) is 0 Å². The summed E-state index contributed by atoms with van der Waals surface area (Å²) in [5.41, 5.74) is 6.15. The largest absolute Gasteiger partial charge is 0.492 e. The average molecular weight is 598 g/mol. The SMILES string of the molecule is COc1c(Nc2ncc(C)c(Nc3ccc4nccnc4c3P(C)(C)=O)n2)cc(-c2cncnc2)cc1N1CCOCC1. The standard InChI is InChI=1S/C30H32N9O3P/c1-19-15-35-30(38-29(19)36-23-6-5-22-26(34-8-7-33-22)28(23)43(3,4)40)37-24-13-20(21-16-31-18-32-17-21)14-25(27(24)41-2)39-9-11-42-12-10-39/h5-8,13-18H,9-12H2,1-4H3,(H2,35,36,37,38). The summed E-state index contributed by atoms with van der Waals surface area (Å²) in [4.78, 5) is 28.9. The minimum Gasteiger partial charge on any atom is -0.492 e. The van der Waals surface area contributed by atoms with Crippen LogP contribution in [0.15, 0.2) is 61.6 Å². The molecule has 0 spiro atoms. The van der Waals surface area contributed by atoms with Crippen LogP contribution >= 0.6 is 7.14 Å². The lowest BCUT2D eigenvalue weighted by Gasteiger charge is -2.31. The van der Waals surface area contributed by atoms with Crippen LogP contribution in [0.2, 0.25) is 0 Å². The summed E-state index contributed by atoms with van der Waals surface area (Å²) in [5, 5.41) is 7.40. The van der Waals surface area contributed by atoms with E-state index in [1.807, 2.05) is 25.1 Å². The zero-order valence-electron chi connectivity index (χ0n) is 24.4. The van der Waals surface area contributed by atoms with Gasteiger partial charge in [0.05, 0.1) is 48.2 Å². The Hall–Kier alpha value is -4.67. The van der Waals surface area contributed by atoms with Gasteiger partial charge in [-0.3, -0.25) is 9.97 Å². The molecule has 0 radical (unpaired) electrons. The number of aryl methyl sites for hydroxylation is 1. The molecule has 0 aliphatic carbocycles. The first kappa shape index (κ1) is 28.4. The minimum absolute atomic E-state index is 0.360. The molecular formula is C30H32N9O3P. The molecule has 0 amide bonds. The van der Waals surface area contributed by atoms with Gasteiger partial charge in [0, 0.05) is 55.2 Å². The van der Waals surface area contributed by atoms with Gasteiger partial charge in [0.2, 0.25) is 5.95 Å². The van der Waals surface area contributed by atoms with E-state index in [2.05, 4.69) is 46.5 Å². The maximum atomic E-state index is 13.4. The van der Waals surface area contributed by atoms with Crippen molar-refractivity contribution in [2.24, 2.45) is 0 Å². The molecule has 1 saturated heterocycles. The van der Waals surface area contributed by atoms with E-state index in [1.165, 1.54) is 6.33 Å². The molecule has 43 heavy (non-hydrogen) atoms. The molecule has 220 valence electrons. The van der Waals surface area contributed by atoms with Crippen LogP contribution in [0.25, 0.3) is 22.2 Å². The van der Waals surface area contributed by atoms with E-state index >= 15 is 0 Å². The highest BCUT2D eigenvalue weighted by molar-refractivity contribution is 7.71. The highest BCUT2D eigenvalue weighted by Crippen LogP contribution is 2.43. The zero-order chi connectivity index (χ0) is 30.0. The predicted molar refractivity (Wildman–Crippen MR) is 169 cm³/mol. The van der Waals surface area contributed by atoms with E-state index in [4.69, 9.17) is 14.5 Å². The normalized spacial score (nSPS) is 13.6. The Kier molecular flexibility index (Phi) is 7.88. The Labute approximate surface area is 249 Å². The molecule has 1 aliphatic rings. The van der Waals surface area contributed by atoms with Gasteiger partial charge >= 0.3 is 0 Å². The van der Waals surface area contributed by atoms with Crippen molar-refractivity contribution in [1.29, 1.82) is 0 Å². The number of fused-ring (bicyclic) bond motifs is 1. The van der Waals surface area contributed by atoms with Crippen molar-refractivity contribution in [3.8, 4) is 16.9 Å². The van der Waals surface area contributed by atoms with Gasteiger partial charge in [-0.2, -0.15) is 4.98 Å². The molecule has 1 fully saturated rings. The molecule has 1 aliphatic heterocycles. The molecule has 0 bridgehead atoms. The van der Waals surface area contributed by atoms with Crippen LogP contribution < -0.4 is 25.6 Å². The van der Waals surface area contributed by atoms with Gasteiger partial charge in [0.25, 0.3) is 0 Å². The molecule has 0 unspecified atom stereocenters. The van der Waals surface area contributed by atoms with E-state index in [-0.39, 0.29) is 0 Å². The number of anilines is 5. The van der Waals surface area contributed by atoms with Crippen molar-refractivity contribution in [1.82, 2.24) is 29.9 Å². The van der Waals surface area contributed by atoms with Crippen molar-refractivity contribution in [2.45, 2.75) is 6.92 Å². The van der Waals surface area contributed by atoms with Crippen molar-refractivity contribution in [3.05, 3.63) is 67.1 Å². The van der Waals surface area contributed by atoms with E-state index in [0.717, 1.165) is 35.5 Å². The molecule has 2 aromatic carbocycles. The number of methoxy groups -OCH3 is 1. The minimum atomic E-state index is -2.75. The third-order valence-corrected chi connectivity index (χ3v) is 8.67. The van der Waals surface area contributed by atoms with Gasteiger partial charge in [-0.05, 0) is 50.1 Å². The molecule has 6 rings (SSSR count). The Bertz CT molecular complexity index is 1830. The van der Waals surface area contributed by atoms with Crippen LogP contribution in [0.1, 0.15) is 5.56 Å². The first-order valence-electron chi connectivity index (χ1n) is 13.8. The predicted octanol–water partition coefficient (Wildman–Crippen LogP) is 4.77. The number of rotatable bonds is 8. The lowest BCUT2D eigenvalue weighted by Crippen LogP contribution is -2.36. The summed E-state index contributed by atoms with van der Waals surface area (Å²) in [5.74, 6) is 1.59. The first-order chi connectivity index (χ1) is 20.8. The van der Waals surface area contributed by atoms with Crippen LogP contribution in [0.4, 0.5) is 28.8 Å². The van der Waals surface area contributed by atoms with E-state index in [9.17, 15) is 4.57 Å². The van der Waals surface area contributed by atoms with Crippen LogP contribution in [-0.2, 0) is 9.30 Å². The number of hydrogen-bond donors (Lipinski definition) is 2. The number of nitrogens with zero attached hydrogens (tertiary/aromatic N) is 7. The van der Waals surface area contributed by atoms with Crippen molar-refractivity contribution in [2.75, 3.05) is 62.3 Å². The lowest BCUT2D eigenvalue weighted by atomic mass is 10.1. The average Bonchev–Trinajstić information content (AvgIpc) is 3.02. The molecule has 2 N–H and O–H groups in total. The molecule has 4 heterocycles. The Morgan fingerprint density at radius 3 is 2.44 bits per heavy atom. The number of morpholine rings is 1. The van der Waals surface area contributed by atoms with E-state index in [0.29, 0.717) is 58.4 Å². The molecule has 0 saturated carbocycles. The highest BCUT2D eigenvalue weighted by atomic mass is 31.2. The molecular weight excluding hydrogens is 565 g/mol. The van der Waals surface area contributed by atoms with Gasteiger partial charge in [0.1, 0.15) is 24.8 Å². The lowest BCUT2D eigenvalue weighted by molar-refractivity contribution is 0.122. The Morgan fingerprint density at radius 1 is 0.930 bits per heavy atom. The summed E-state index contributed by atoms with van der Waals surface area (Å²) >= 11 is 0. The smallest absolute Gasteiger partial charge is 0.229 e. The second-order valence-electron chi connectivity index (χ2n) is 10.5. The quantitative estimate of drug-likeness (QED) is 0.238. The van der Waals surface area contributed by atoms with E-state index in [1.54, 1.807) is 51.4 Å². The third kappa shape index (κ3) is 5.97. The maximum Gasteiger partial charge on any atom is 0.229 e. The van der Waals surface area contributed by atoms with Gasteiger partial charge in [-0.25, -0.2) is 15.0 Å². The topological polar surface area (TPSA) is 140 Å². The van der Waals surface area contributed by atoms with Crippen LogP contribution in [0, 0.1) is 6.92 Å². The van der Waals surface area contributed by atoms with Crippen LogP contribution in [0.3, 0.4) is 0 Å². The summed E-state index contributed by atoms with van der Waals surface area (Å²) < 4.78 is 25.0. The third-order valence-electron chi connectivity index (χ3n) is 7.14.